The lowest BCUT2D eigenvalue weighted by atomic mass is 10.2. The number of aryl methyl sites for hydroxylation is 1. The van der Waals surface area contributed by atoms with Crippen LogP contribution in [0.15, 0.2) is 38.5 Å². The van der Waals surface area contributed by atoms with Crippen LogP contribution in [0.2, 0.25) is 0 Å². The van der Waals surface area contributed by atoms with Crippen molar-refractivity contribution < 1.29 is 0 Å². The lowest BCUT2D eigenvalue weighted by Crippen LogP contribution is -2.31. The predicted molar refractivity (Wildman–Crippen MR) is 78.4 cm³/mol. The first-order valence-electron chi connectivity index (χ1n) is 5.87. The molecule has 100 valence electrons. The summed E-state index contributed by atoms with van der Waals surface area (Å²) in [4.78, 5) is 25.6. The van der Waals surface area contributed by atoms with Crippen molar-refractivity contribution in [1.82, 2.24) is 9.55 Å². The van der Waals surface area contributed by atoms with Crippen LogP contribution in [0.25, 0.3) is 0 Å². The van der Waals surface area contributed by atoms with Gasteiger partial charge in [-0.1, -0.05) is 22.9 Å². The molecule has 0 radical (unpaired) electrons. The summed E-state index contributed by atoms with van der Waals surface area (Å²) in [6.07, 6.45) is 2.18. The van der Waals surface area contributed by atoms with Gasteiger partial charge in [-0.2, -0.15) is 0 Å². The van der Waals surface area contributed by atoms with Crippen LogP contribution in [-0.2, 0) is 13.0 Å². The first kappa shape index (κ1) is 13.6. The molecule has 0 aliphatic heterocycles. The minimum Gasteiger partial charge on any atom is -0.399 e. The van der Waals surface area contributed by atoms with Gasteiger partial charge >= 0.3 is 5.69 Å². The second kappa shape index (κ2) is 5.44. The number of hydrogen-bond donors (Lipinski definition) is 2. The van der Waals surface area contributed by atoms with Gasteiger partial charge in [-0.25, -0.2) is 4.79 Å². The topological polar surface area (TPSA) is 80.9 Å². The summed E-state index contributed by atoms with van der Waals surface area (Å²) in [6.45, 7) is 2.24. The van der Waals surface area contributed by atoms with Crippen molar-refractivity contribution >= 4 is 21.6 Å². The van der Waals surface area contributed by atoms with Crippen molar-refractivity contribution in [1.29, 1.82) is 0 Å². The third kappa shape index (κ3) is 3.14. The normalized spacial score (nSPS) is 10.6. The summed E-state index contributed by atoms with van der Waals surface area (Å²) in [5.74, 6) is 0. The van der Waals surface area contributed by atoms with Gasteiger partial charge in [0.25, 0.3) is 5.56 Å². The van der Waals surface area contributed by atoms with Crippen molar-refractivity contribution in [3.8, 4) is 0 Å². The molecule has 2 aromatic rings. The highest BCUT2D eigenvalue weighted by Gasteiger charge is 2.05. The Morgan fingerprint density at radius 3 is 2.68 bits per heavy atom. The smallest absolute Gasteiger partial charge is 0.328 e. The molecule has 1 heterocycles. The second-order valence-corrected chi connectivity index (χ2v) is 5.20. The first-order chi connectivity index (χ1) is 8.99. The Hall–Kier alpha value is -1.82. The van der Waals surface area contributed by atoms with Crippen molar-refractivity contribution in [3.63, 3.8) is 0 Å². The molecule has 0 spiro atoms. The monoisotopic (exact) mass is 323 g/mol. The van der Waals surface area contributed by atoms with E-state index in [1.54, 1.807) is 18.3 Å². The van der Waals surface area contributed by atoms with Crippen LogP contribution >= 0.6 is 15.9 Å². The van der Waals surface area contributed by atoms with E-state index >= 15 is 0 Å². The minimum absolute atomic E-state index is 0.322. The lowest BCUT2D eigenvalue weighted by molar-refractivity contribution is 0.707. The Bertz CT molecular complexity index is 698. The Labute approximate surface area is 118 Å². The van der Waals surface area contributed by atoms with Gasteiger partial charge in [-0.15, -0.1) is 0 Å². The number of rotatable bonds is 3. The van der Waals surface area contributed by atoms with E-state index in [9.17, 15) is 9.59 Å². The average molecular weight is 324 g/mol. The predicted octanol–water partition coefficient (Wildman–Crippen LogP) is 1.49. The fourth-order valence-corrected chi connectivity index (χ4v) is 2.45. The number of halogens is 1. The highest BCUT2D eigenvalue weighted by Crippen LogP contribution is 2.17. The van der Waals surface area contributed by atoms with Gasteiger partial charge in [-0.3, -0.25) is 14.3 Å². The number of H-pyrrole nitrogens is 1. The number of anilines is 1. The van der Waals surface area contributed by atoms with Crippen molar-refractivity contribution in [2.45, 2.75) is 19.9 Å². The van der Waals surface area contributed by atoms with Crippen LogP contribution in [0.4, 0.5) is 5.69 Å². The van der Waals surface area contributed by atoms with Crippen molar-refractivity contribution in [2.75, 3.05) is 5.73 Å². The number of nitrogen functional groups attached to an aromatic ring is 1. The third-order valence-corrected chi connectivity index (χ3v) is 3.26. The summed E-state index contributed by atoms with van der Waals surface area (Å²) in [5.41, 5.74) is 7.12. The van der Waals surface area contributed by atoms with Gasteiger partial charge in [0.15, 0.2) is 0 Å². The molecule has 3 N–H and O–H groups in total. The summed E-state index contributed by atoms with van der Waals surface area (Å²) < 4.78 is 2.33. The summed E-state index contributed by atoms with van der Waals surface area (Å²) in [6, 6.07) is 5.48. The van der Waals surface area contributed by atoms with E-state index in [1.165, 1.54) is 4.57 Å². The van der Waals surface area contributed by atoms with E-state index in [-0.39, 0.29) is 5.56 Å². The lowest BCUT2D eigenvalue weighted by Gasteiger charge is -2.08. The average Bonchev–Trinajstić information content (AvgIpc) is 2.31. The molecule has 0 fully saturated rings. The van der Waals surface area contributed by atoms with Crippen LogP contribution in [-0.4, -0.2) is 9.55 Å². The van der Waals surface area contributed by atoms with Crippen LogP contribution in [0, 0.1) is 0 Å². The van der Waals surface area contributed by atoms with E-state index in [1.807, 2.05) is 13.0 Å². The van der Waals surface area contributed by atoms with E-state index in [4.69, 9.17) is 5.73 Å². The summed E-state index contributed by atoms with van der Waals surface area (Å²) in [5, 5.41) is 0. The Kier molecular flexibility index (Phi) is 3.90. The van der Waals surface area contributed by atoms with Gasteiger partial charge < -0.3 is 5.73 Å². The SMILES string of the molecule is CCc1cn(Cc2cc(N)cc(Br)c2)c(=O)[nH]c1=O. The van der Waals surface area contributed by atoms with E-state index in [0.29, 0.717) is 24.2 Å². The third-order valence-electron chi connectivity index (χ3n) is 2.80. The molecule has 0 bridgehead atoms. The van der Waals surface area contributed by atoms with Crippen molar-refractivity contribution in [3.05, 3.63) is 60.8 Å². The second-order valence-electron chi connectivity index (χ2n) is 4.29. The standard InChI is InChI=1S/C13H14BrN3O2/c1-2-9-7-17(13(19)16-12(9)18)6-8-3-10(14)5-11(15)4-8/h3-5,7H,2,6,15H2,1H3,(H,16,18,19). The quantitative estimate of drug-likeness (QED) is 0.840. The molecule has 0 atom stereocenters. The van der Waals surface area contributed by atoms with Gasteiger partial charge in [0.05, 0.1) is 6.54 Å². The molecular formula is C13H14BrN3O2. The van der Waals surface area contributed by atoms with E-state index in [2.05, 4.69) is 20.9 Å². The molecule has 6 heteroatoms. The maximum absolute atomic E-state index is 11.7. The molecule has 2 rings (SSSR count). The zero-order chi connectivity index (χ0) is 14.0. The van der Waals surface area contributed by atoms with Gasteiger partial charge in [0.2, 0.25) is 0 Å². The maximum atomic E-state index is 11.7. The molecule has 1 aromatic carbocycles. The molecule has 0 saturated heterocycles. The Morgan fingerprint density at radius 1 is 1.32 bits per heavy atom. The number of aromatic nitrogens is 2. The number of hydrogen-bond acceptors (Lipinski definition) is 3. The van der Waals surface area contributed by atoms with Crippen molar-refractivity contribution in [2.24, 2.45) is 0 Å². The van der Waals surface area contributed by atoms with Gasteiger partial charge in [0, 0.05) is 21.9 Å². The number of nitrogens with two attached hydrogens (primary N) is 1. The summed E-state index contributed by atoms with van der Waals surface area (Å²) in [7, 11) is 0. The zero-order valence-corrected chi connectivity index (χ0v) is 12.0. The molecule has 1 aromatic heterocycles. The fraction of sp³-hybridized carbons (Fsp3) is 0.231. The minimum atomic E-state index is -0.416. The molecule has 0 amide bonds. The molecule has 5 nitrogen and oxygen atoms in total. The van der Waals surface area contributed by atoms with Crippen LogP contribution in [0.3, 0.4) is 0 Å². The molecule has 0 aliphatic rings. The molecule has 0 saturated carbocycles. The molecule has 0 aliphatic carbocycles. The van der Waals surface area contributed by atoms with Crippen LogP contribution in [0.1, 0.15) is 18.1 Å². The Morgan fingerprint density at radius 2 is 2.05 bits per heavy atom. The molecule has 0 unspecified atom stereocenters. The van der Waals surface area contributed by atoms with E-state index in [0.717, 1.165) is 10.0 Å². The number of benzene rings is 1. The van der Waals surface area contributed by atoms with E-state index < -0.39 is 5.69 Å². The number of aromatic amines is 1. The highest BCUT2D eigenvalue weighted by atomic mass is 79.9. The fourth-order valence-electron chi connectivity index (χ4n) is 1.89. The first-order valence-corrected chi connectivity index (χ1v) is 6.66. The molecular weight excluding hydrogens is 310 g/mol. The number of nitrogens with one attached hydrogen (secondary N) is 1. The zero-order valence-electron chi connectivity index (χ0n) is 10.4. The highest BCUT2D eigenvalue weighted by molar-refractivity contribution is 9.10. The Balaban J connectivity index is 2.43. The summed E-state index contributed by atoms with van der Waals surface area (Å²) >= 11 is 3.36. The maximum Gasteiger partial charge on any atom is 0.328 e. The molecule has 19 heavy (non-hydrogen) atoms. The van der Waals surface area contributed by atoms with Crippen LogP contribution < -0.4 is 17.0 Å². The number of nitrogens with zero attached hydrogens (tertiary/aromatic N) is 1. The van der Waals surface area contributed by atoms with Crippen LogP contribution in [0.5, 0.6) is 0 Å². The van der Waals surface area contributed by atoms with Gasteiger partial charge in [-0.05, 0) is 30.2 Å². The van der Waals surface area contributed by atoms with Gasteiger partial charge in [0.1, 0.15) is 0 Å². The largest absolute Gasteiger partial charge is 0.399 e.